The largest absolute Gasteiger partial charge is 0.493 e. The van der Waals surface area contributed by atoms with Crippen LogP contribution in [0.25, 0.3) is 0 Å². The van der Waals surface area contributed by atoms with Crippen LogP contribution in [0.1, 0.15) is 64.9 Å². The van der Waals surface area contributed by atoms with Gasteiger partial charge in [0, 0.05) is 22.5 Å². The Labute approximate surface area is 201 Å². The van der Waals surface area contributed by atoms with Gasteiger partial charge in [-0.3, -0.25) is 9.59 Å². The van der Waals surface area contributed by atoms with Crippen molar-refractivity contribution in [1.29, 1.82) is 0 Å². The molecule has 7 nitrogen and oxygen atoms in total. The molecule has 0 aromatic heterocycles. The Kier molecular flexibility index (Phi) is 8.53. The van der Waals surface area contributed by atoms with Crippen LogP contribution in [0.5, 0.6) is 5.75 Å². The Balaban J connectivity index is 2.17. The molecule has 7 heteroatoms. The third-order valence-corrected chi connectivity index (χ3v) is 6.39. The van der Waals surface area contributed by atoms with Crippen LogP contribution in [0.3, 0.4) is 0 Å². The van der Waals surface area contributed by atoms with Crippen LogP contribution >= 0.6 is 0 Å². The number of methoxy groups -OCH3 is 1. The fourth-order valence-electron chi connectivity index (χ4n) is 4.71. The first-order chi connectivity index (χ1) is 16.3. The standard InChI is InChI=1S/C27H35NO6/c1-6-8-14-33-20-12-10-9-11-18(20)23-22(27(31)34-13-7-2)17(4)28-19-15-16(3)21(26(30)32-5)25(29)24(19)23/h9-12,16,21,23,28H,6-8,13-15H2,1-5H3/t16-,21+,23-/m0/s1. The van der Waals surface area contributed by atoms with E-state index >= 15 is 0 Å². The molecule has 0 unspecified atom stereocenters. The highest BCUT2D eigenvalue weighted by Crippen LogP contribution is 2.47. The van der Waals surface area contributed by atoms with Crippen molar-refractivity contribution in [3.05, 3.63) is 52.4 Å². The molecule has 0 spiro atoms. The number of hydrogen-bond donors (Lipinski definition) is 1. The maximum absolute atomic E-state index is 13.8. The number of dihydropyridines is 1. The van der Waals surface area contributed by atoms with Crippen LogP contribution in [-0.2, 0) is 23.9 Å². The quantitative estimate of drug-likeness (QED) is 0.325. The van der Waals surface area contributed by atoms with Gasteiger partial charge in [0.1, 0.15) is 11.7 Å². The summed E-state index contributed by atoms with van der Waals surface area (Å²) in [7, 11) is 1.29. The lowest BCUT2D eigenvalue weighted by Crippen LogP contribution is -2.43. The van der Waals surface area contributed by atoms with Gasteiger partial charge in [0.05, 0.1) is 31.8 Å². The first kappa shape index (κ1) is 25.5. The third-order valence-electron chi connectivity index (χ3n) is 6.39. The number of allylic oxidation sites excluding steroid dienone is 3. The van der Waals surface area contributed by atoms with E-state index in [1.807, 2.05) is 45.0 Å². The molecule has 0 bridgehead atoms. The second-order valence-corrected chi connectivity index (χ2v) is 8.91. The molecular formula is C27H35NO6. The zero-order chi connectivity index (χ0) is 24.8. The van der Waals surface area contributed by atoms with Crippen molar-refractivity contribution in [2.24, 2.45) is 11.8 Å². The van der Waals surface area contributed by atoms with Crippen LogP contribution in [0, 0.1) is 11.8 Å². The number of carbonyl (C=O) groups excluding carboxylic acids is 3. The topological polar surface area (TPSA) is 90.9 Å². The summed E-state index contributed by atoms with van der Waals surface area (Å²) in [6, 6.07) is 7.46. The number of ketones is 1. The van der Waals surface area contributed by atoms with Crippen LogP contribution in [0.4, 0.5) is 0 Å². The monoisotopic (exact) mass is 469 g/mol. The van der Waals surface area contributed by atoms with Gasteiger partial charge in [-0.05, 0) is 38.2 Å². The third kappa shape index (κ3) is 5.03. The molecule has 1 aliphatic heterocycles. The predicted molar refractivity (Wildman–Crippen MR) is 128 cm³/mol. The number of ether oxygens (including phenoxy) is 3. The SMILES string of the molecule is CCCCOc1ccccc1[C@H]1C(C(=O)OCCC)=C(C)NC2=C1C(=O)[C@H](C(=O)OC)[C@@H](C)C2. The van der Waals surface area contributed by atoms with Gasteiger partial charge >= 0.3 is 11.9 Å². The summed E-state index contributed by atoms with van der Waals surface area (Å²) in [6.45, 7) is 8.50. The van der Waals surface area contributed by atoms with Crippen molar-refractivity contribution in [3.8, 4) is 5.75 Å². The number of rotatable bonds is 9. The van der Waals surface area contributed by atoms with Crippen molar-refractivity contribution >= 4 is 17.7 Å². The predicted octanol–water partition coefficient (Wildman–Crippen LogP) is 4.43. The summed E-state index contributed by atoms with van der Waals surface area (Å²) in [6.07, 6.45) is 3.04. The first-order valence-electron chi connectivity index (χ1n) is 12.1. The van der Waals surface area contributed by atoms with Crippen LogP contribution in [-0.4, -0.2) is 38.0 Å². The molecule has 3 rings (SSSR count). The number of para-hydroxylation sites is 1. The average molecular weight is 470 g/mol. The molecule has 3 atom stereocenters. The molecule has 1 aromatic rings. The van der Waals surface area contributed by atoms with Gasteiger partial charge in [-0.2, -0.15) is 0 Å². The van der Waals surface area contributed by atoms with E-state index in [-0.39, 0.29) is 18.3 Å². The van der Waals surface area contributed by atoms with Gasteiger partial charge in [0.25, 0.3) is 0 Å². The lowest BCUT2D eigenvalue weighted by Gasteiger charge is -2.38. The Bertz CT molecular complexity index is 1010. The van der Waals surface area contributed by atoms with Gasteiger partial charge < -0.3 is 19.5 Å². The van der Waals surface area contributed by atoms with Crippen molar-refractivity contribution in [1.82, 2.24) is 5.32 Å². The van der Waals surface area contributed by atoms with Gasteiger partial charge in [0.2, 0.25) is 0 Å². The number of unbranched alkanes of at least 4 members (excludes halogenated alkanes) is 1. The van der Waals surface area contributed by atoms with Crippen LogP contribution in [0.2, 0.25) is 0 Å². The van der Waals surface area contributed by atoms with Crippen molar-refractivity contribution < 1.29 is 28.6 Å². The zero-order valence-electron chi connectivity index (χ0n) is 20.7. The van der Waals surface area contributed by atoms with E-state index in [0.29, 0.717) is 47.6 Å². The highest BCUT2D eigenvalue weighted by Gasteiger charge is 2.47. The van der Waals surface area contributed by atoms with Crippen molar-refractivity contribution in [3.63, 3.8) is 0 Å². The summed E-state index contributed by atoms with van der Waals surface area (Å²) in [4.78, 5) is 39.6. The summed E-state index contributed by atoms with van der Waals surface area (Å²) in [5.41, 5.74) is 2.86. The number of hydrogen-bond acceptors (Lipinski definition) is 7. The molecule has 1 aliphatic carbocycles. The van der Waals surface area contributed by atoms with E-state index in [4.69, 9.17) is 14.2 Å². The molecule has 1 heterocycles. The minimum Gasteiger partial charge on any atom is -0.493 e. The number of benzene rings is 1. The molecule has 2 aliphatic rings. The second-order valence-electron chi connectivity index (χ2n) is 8.91. The molecule has 0 saturated carbocycles. The molecule has 1 aromatic carbocycles. The summed E-state index contributed by atoms with van der Waals surface area (Å²) >= 11 is 0. The lowest BCUT2D eigenvalue weighted by atomic mass is 9.69. The van der Waals surface area contributed by atoms with E-state index in [9.17, 15) is 14.4 Å². The van der Waals surface area contributed by atoms with E-state index in [1.54, 1.807) is 0 Å². The molecule has 0 saturated heterocycles. The summed E-state index contributed by atoms with van der Waals surface area (Å²) < 4.78 is 16.6. The molecular weight excluding hydrogens is 434 g/mol. The maximum atomic E-state index is 13.8. The van der Waals surface area contributed by atoms with Gasteiger partial charge in [0.15, 0.2) is 5.78 Å². The average Bonchev–Trinajstić information content (AvgIpc) is 2.82. The molecule has 34 heavy (non-hydrogen) atoms. The minimum absolute atomic E-state index is 0.232. The normalized spacial score (nSPS) is 22.1. The minimum atomic E-state index is -0.924. The van der Waals surface area contributed by atoms with Crippen LogP contribution < -0.4 is 10.1 Å². The highest BCUT2D eigenvalue weighted by atomic mass is 16.5. The van der Waals surface area contributed by atoms with Gasteiger partial charge in [-0.25, -0.2) is 4.79 Å². The van der Waals surface area contributed by atoms with Gasteiger partial charge in [-0.1, -0.05) is 45.4 Å². The first-order valence-corrected chi connectivity index (χ1v) is 12.1. The molecule has 0 fully saturated rings. The van der Waals surface area contributed by atoms with Crippen LogP contribution in [0.15, 0.2) is 46.8 Å². The number of carbonyl (C=O) groups is 3. The summed E-state index contributed by atoms with van der Waals surface area (Å²) in [5, 5.41) is 3.28. The molecule has 0 amide bonds. The molecule has 1 N–H and O–H groups in total. The van der Waals surface area contributed by atoms with E-state index < -0.39 is 23.8 Å². The Morgan fingerprint density at radius 2 is 1.85 bits per heavy atom. The molecule has 184 valence electrons. The second kappa shape index (κ2) is 11.4. The van der Waals surface area contributed by atoms with E-state index in [0.717, 1.165) is 18.5 Å². The smallest absolute Gasteiger partial charge is 0.336 e. The Hall–Kier alpha value is -3.09. The number of nitrogens with one attached hydrogen (secondary N) is 1. The fourth-order valence-corrected chi connectivity index (χ4v) is 4.71. The summed E-state index contributed by atoms with van der Waals surface area (Å²) in [5.74, 6) is -2.61. The zero-order valence-corrected chi connectivity index (χ0v) is 20.7. The highest BCUT2D eigenvalue weighted by molar-refractivity contribution is 6.12. The maximum Gasteiger partial charge on any atom is 0.336 e. The lowest BCUT2D eigenvalue weighted by molar-refractivity contribution is -0.151. The van der Waals surface area contributed by atoms with E-state index in [1.165, 1.54) is 7.11 Å². The van der Waals surface area contributed by atoms with Crippen molar-refractivity contribution in [2.75, 3.05) is 20.3 Å². The van der Waals surface area contributed by atoms with Gasteiger partial charge in [-0.15, -0.1) is 0 Å². The Morgan fingerprint density at radius 1 is 1.12 bits per heavy atom. The fraction of sp³-hybridized carbons (Fsp3) is 0.519. The van der Waals surface area contributed by atoms with E-state index in [2.05, 4.69) is 12.2 Å². The van der Waals surface area contributed by atoms with Crippen molar-refractivity contribution in [2.45, 2.75) is 59.3 Å². The number of Topliss-reactive ketones (excluding diaryl/α,β-unsaturated/α-hetero) is 1. The number of esters is 2. The Morgan fingerprint density at radius 3 is 2.53 bits per heavy atom. The molecule has 0 radical (unpaired) electrons.